The molecule has 6 heteroatoms. The summed E-state index contributed by atoms with van der Waals surface area (Å²) in [7, 11) is 1.68. The molecule has 6 nitrogen and oxygen atoms in total. The van der Waals surface area contributed by atoms with Gasteiger partial charge in [-0.15, -0.1) is 10.2 Å². The molecule has 1 amide bonds. The van der Waals surface area contributed by atoms with E-state index in [2.05, 4.69) is 15.1 Å². The average Bonchev–Trinajstić information content (AvgIpc) is 3.15. The molecule has 1 aromatic heterocycles. The first kappa shape index (κ1) is 17.9. The lowest BCUT2D eigenvalue weighted by molar-refractivity contribution is -0.145. The molecule has 2 aromatic rings. The van der Waals surface area contributed by atoms with Crippen molar-refractivity contribution >= 4 is 11.7 Å². The van der Waals surface area contributed by atoms with E-state index in [0.717, 1.165) is 56.0 Å². The molecular formula is C21H26N4O2. The Labute approximate surface area is 160 Å². The standard InChI is InChI=1S/C21H26N4O2/c1-27-15-14-24-12-5-10-21(20(24)26)11-13-25(16-21)19-9-8-18(22-23-19)17-6-3-2-4-7-17/h2-4,6-9H,5,10-16H2,1H3/t21-/m0/s1. The van der Waals surface area contributed by atoms with E-state index in [1.54, 1.807) is 7.11 Å². The van der Waals surface area contributed by atoms with Crippen molar-refractivity contribution in [2.24, 2.45) is 5.41 Å². The fraction of sp³-hybridized carbons (Fsp3) is 0.476. The summed E-state index contributed by atoms with van der Waals surface area (Å²) in [5.74, 6) is 1.13. The van der Waals surface area contributed by atoms with Crippen LogP contribution in [-0.2, 0) is 9.53 Å². The summed E-state index contributed by atoms with van der Waals surface area (Å²) in [5.41, 5.74) is 1.66. The smallest absolute Gasteiger partial charge is 0.230 e. The van der Waals surface area contributed by atoms with Crippen LogP contribution in [0.5, 0.6) is 0 Å². The molecule has 1 spiro atoms. The predicted molar refractivity (Wildman–Crippen MR) is 104 cm³/mol. The number of amides is 1. The second kappa shape index (κ2) is 7.64. The molecule has 1 aromatic carbocycles. The van der Waals surface area contributed by atoms with Crippen molar-refractivity contribution in [2.75, 3.05) is 44.8 Å². The van der Waals surface area contributed by atoms with E-state index in [0.29, 0.717) is 13.2 Å². The second-order valence-electron chi connectivity index (χ2n) is 7.48. The highest BCUT2D eigenvalue weighted by Gasteiger charge is 2.48. The van der Waals surface area contributed by atoms with Crippen LogP contribution < -0.4 is 4.90 Å². The number of carbonyl (C=O) groups is 1. The Bertz CT molecular complexity index is 781. The zero-order chi connectivity index (χ0) is 18.7. The van der Waals surface area contributed by atoms with Gasteiger partial charge >= 0.3 is 0 Å². The number of aromatic nitrogens is 2. The molecule has 0 radical (unpaired) electrons. The van der Waals surface area contributed by atoms with E-state index >= 15 is 0 Å². The summed E-state index contributed by atoms with van der Waals surface area (Å²) in [5, 5.41) is 8.84. The molecule has 3 heterocycles. The largest absolute Gasteiger partial charge is 0.383 e. The minimum absolute atomic E-state index is 0.272. The number of hydrogen-bond donors (Lipinski definition) is 0. The summed E-state index contributed by atoms with van der Waals surface area (Å²) < 4.78 is 5.16. The van der Waals surface area contributed by atoms with E-state index in [-0.39, 0.29) is 11.3 Å². The Hall–Kier alpha value is -2.47. The van der Waals surface area contributed by atoms with Crippen LogP contribution in [0, 0.1) is 5.41 Å². The first-order chi connectivity index (χ1) is 13.2. The topological polar surface area (TPSA) is 58.6 Å². The van der Waals surface area contributed by atoms with Gasteiger partial charge in [0.1, 0.15) is 0 Å². The van der Waals surface area contributed by atoms with Crippen molar-refractivity contribution in [3.63, 3.8) is 0 Å². The van der Waals surface area contributed by atoms with Crippen molar-refractivity contribution in [1.82, 2.24) is 15.1 Å². The Balaban J connectivity index is 1.47. The van der Waals surface area contributed by atoms with E-state index in [1.165, 1.54) is 0 Å². The fourth-order valence-electron chi connectivity index (χ4n) is 4.27. The van der Waals surface area contributed by atoms with E-state index < -0.39 is 0 Å². The van der Waals surface area contributed by atoms with Crippen molar-refractivity contribution in [3.8, 4) is 11.3 Å². The molecule has 0 N–H and O–H groups in total. The molecule has 0 aliphatic carbocycles. The molecule has 27 heavy (non-hydrogen) atoms. The Morgan fingerprint density at radius 3 is 2.67 bits per heavy atom. The summed E-state index contributed by atoms with van der Waals surface area (Å²) in [6.45, 7) is 3.70. The third-order valence-electron chi connectivity index (χ3n) is 5.79. The van der Waals surface area contributed by atoms with Crippen LogP contribution >= 0.6 is 0 Å². The van der Waals surface area contributed by atoms with Crippen LogP contribution in [0.4, 0.5) is 5.82 Å². The fourth-order valence-corrected chi connectivity index (χ4v) is 4.27. The molecule has 1 atom stereocenters. The van der Waals surface area contributed by atoms with Gasteiger partial charge in [0.2, 0.25) is 5.91 Å². The number of ether oxygens (including phenoxy) is 1. The van der Waals surface area contributed by atoms with Crippen molar-refractivity contribution in [1.29, 1.82) is 0 Å². The SMILES string of the molecule is COCCN1CCC[C@@]2(CCN(c3ccc(-c4ccccc4)nn3)C2)C1=O. The normalized spacial score (nSPS) is 22.6. The van der Waals surface area contributed by atoms with Gasteiger partial charge in [0.25, 0.3) is 0 Å². The first-order valence-electron chi connectivity index (χ1n) is 9.64. The Morgan fingerprint density at radius 2 is 1.93 bits per heavy atom. The number of piperidine rings is 1. The second-order valence-corrected chi connectivity index (χ2v) is 7.48. The molecule has 2 fully saturated rings. The Kier molecular flexibility index (Phi) is 5.07. The number of carbonyl (C=O) groups excluding carboxylic acids is 1. The van der Waals surface area contributed by atoms with Crippen LogP contribution in [0.15, 0.2) is 42.5 Å². The lowest BCUT2D eigenvalue weighted by Gasteiger charge is -2.39. The molecule has 2 saturated heterocycles. The van der Waals surface area contributed by atoms with Crippen molar-refractivity contribution in [3.05, 3.63) is 42.5 Å². The van der Waals surface area contributed by atoms with E-state index in [9.17, 15) is 4.79 Å². The quantitative estimate of drug-likeness (QED) is 0.814. The zero-order valence-electron chi connectivity index (χ0n) is 15.8. The van der Waals surface area contributed by atoms with Crippen molar-refractivity contribution in [2.45, 2.75) is 19.3 Å². The number of anilines is 1. The first-order valence-corrected chi connectivity index (χ1v) is 9.64. The summed E-state index contributed by atoms with van der Waals surface area (Å²) in [6, 6.07) is 14.1. The number of benzene rings is 1. The molecule has 0 unspecified atom stereocenters. The maximum Gasteiger partial charge on any atom is 0.230 e. The minimum atomic E-state index is -0.272. The molecule has 2 aliphatic rings. The number of methoxy groups -OCH3 is 1. The lowest BCUT2D eigenvalue weighted by Crippen LogP contribution is -2.51. The van der Waals surface area contributed by atoms with Crippen LogP contribution in [-0.4, -0.2) is 60.9 Å². The predicted octanol–water partition coefficient (Wildman–Crippen LogP) is 2.61. The molecule has 0 bridgehead atoms. The van der Waals surface area contributed by atoms with Gasteiger partial charge in [0.05, 0.1) is 17.7 Å². The van der Waals surface area contributed by atoms with Gasteiger partial charge in [-0.25, -0.2) is 0 Å². The van der Waals surface area contributed by atoms with Gasteiger partial charge in [0, 0.05) is 38.9 Å². The van der Waals surface area contributed by atoms with Gasteiger partial charge in [-0.05, 0) is 31.4 Å². The number of rotatable bonds is 5. The highest BCUT2D eigenvalue weighted by atomic mass is 16.5. The molecule has 142 valence electrons. The van der Waals surface area contributed by atoms with E-state index in [4.69, 9.17) is 4.74 Å². The van der Waals surface area contributed by atoms with Gasteiger partial charge in [0.15, 0.2) is 5.82 Å². The van der Waals surface area contributed by atoms with Crippen LogP contribution in [0.2, 0.25) is 0 Å². The molecule has 4 rings (SSSR count). The highest BCUT2D eigenvalue weighted by Crippen LogP contribution is 2.41. The maximum absolute atomic E-state index is 13.1. The number of nitrogens with zero attached hydrogens (tertiary/aromatic N) is 4. The van der Waals surface area contributed by atoms with Crippen LogP contribution in [0.1, 0.15) is 19.3 Å². The summed E-state index contributed by atoms with van der Waals surface area (Å²) in [6.07, 6.45) is 2.90. The van der Waals surface area contributed by atoms with Crippen LogP contribution in [0.3, 0.4) is 0 Å². The highest BCUT2D eigenvalue weighted by molar-refractivity contribution is 5.85. The number of hydrogen-bond acceptors (Lipinski definition) is 5. The lowest BCUT2D eigenvalue weighted by atomic mass is 9.78. The third-order valence-corrected chi connectivity index (χ3v) is 5.79. The van der Waals surface area contributed by atoms with Gasteiger partial charge in [-0.2, -0.15) is 0 Å². The zero-order valence-corrected chi connectivity index (χ0v) is 15.8. The van der Waals surface area contributed by atoms with Gasteiger partial charge < -0.3 is 14.5 Å². The Morgan fingerprint density at radius 1 is 1.07 bits per heavy atom. The van der Waals surface area contributed by atoms with E-state index in [1.807, 2.05) is 47.4 Å². The molecule has 2 aliphatic heterocycles. The monoisotopic (exact) mass is 366 g/mol. The molecular weight excluding hydrogens is 340 g/mol. The summed E-state index contributed by atoms with van der Waals surface area (Å²) >= 11 is 0. The maximum atomic E-state index is 13.1. The third kappa shape index (κ3) is 3.54. The average molecular weight is 366 g/mol. The van der Waals surface area contributed by atoms with Crippen LogP contribution in [0.25, 0.3) is 11.3 Å². The summed E-state index contributed by atoms with van der Waals surface area (Å²) in [4.78, 5) is 17.3. The molecule has 0 saturated carbocycles. The van der Waals surface area contributed by atoms with Gasteiger partial charge in [-0.1, -0.05) is 30.3 Å². The number of likely N-dealkylation sites (tertiary alicyclic amines) is 1. The van der Waals surface area contributed by atoms with Crippen molar-refractivity contribution < 1.29 is 9.53 Å². The van der Waals surface area contributed by atoms with Gasteiger partial charge in [-0.3, -0.25) is 4.79 Å². The minimum Gasteiger partial charge on any atom is -0.383 e.